The van der Waals surface area contributed by atoms with Gasteiger partial charge in [-0.2, -0.15) is 5.26 Å². The third-order valence-corrected chi connectivity index (χ3v) is 5.79. The van der Waals surface area contributed by atoms with Crippen LogP contribution in [0.2, 0.25) is 0 Å². The molecule has 0 fully saturated rings. The second kappa shape index (κ2) is 13.1. The summed E-state index contributed by atoms with van der Waals surface area (Å²) in [5, 5.41) is 12.3. The van der Waals surface area contributed by atoms with E-state index in [2.05, 4.69) is 47.6 Å². The van der Waals surface area contributed by atoms with Crippen molar-refractivity contribution in [2.45, 2.75) is 51.9 Å². The quantitative estimate of drug-likeness (QED) is 0.228. The molecule has 1 aliphatic rings. The Kier molecular flexibility index (Phi) is 9.54. The summed E-state index contributed by atoms with van der Waals surface area (Å²) in [7, 11) is 0. The third-order valence-electron chi connectivity index (χ3n) is 5.79. The molecule has 3 rings (SSSR count). The fourth-order valence-corrected chi connectivity index (χ4v) is 3.94. The van der Waals surface area contributed by atoms with Crippen molar-refractivity contribution in [2.24, 2.45) is 0 Å². The number of carbonyl (C=O) groups excluding carboxylic acids is 1. The summed E-state index contributed by atoms with van der Waals surface area (Å²) in [6, 6.07) is 19.5. The highest BCUT2D eigenvalue weighted by atomic mass is 16.1. The minimum absolute atomic E-state index is 0.0720. The zero-order valence-corrected chi connectivity index (χ0v) is 19.5. The lowest BCUT2D eigenvalue weighted by atomic mass is 9.98. The standard InChI is InChI=1S/C29H33N3O/c1-2-3-4-5-6-7-13-21-32-22-20-24(27-16-11-12-17-28(27)32)18-19-25(23-30)29(33)31-26-14-9-8-10-15-26/h8-12,14-20,22H,2-7,13,21H2,1H3,(H,31,33). The van der Waals surface area contributed by atoms with Crippen molar-refractivity contribution in [3.8, 4) is 6.07 Å². The zero-order valence-electron chi connectivity index (χ0n) is 19.5. The lowest BCUT2D eigenvalue weighted by Crippen LogP contribution is -2.21. The molecule has 0 radical (unpaired) electrons. The van der Waals surface area contributed by atoms with Crippen LogP contribution in [0.1, 0.15) is 57.4 Å². The van der Waals surface area contributed by atoms with Gasteiger partial charge in [-0.25, -0.2) is 0 Å². The molecule has 1 aliphatic heterocycles. The fraction of sp³-hybridized carbons (Fsp3) is 0.310. The summed E-state index contributed by atoms with van der Waals surface area (Å²) in [4.78, 5) is 14.8. The molecule has 1 N–H and O–H groups in total. The van der Waals surface area contributed by atoms with E-state index in [1.165, 1.54) is 44.9 Å². The van der Waals surface area contributed by atoms with E-state index in [1.807, 2.05) is 36.4 Å². The lowest BCUT2D eigenvalue weighted by Gasteiger charge is -2.27. The summed E-state index contributed by atoms with van der Waals surface area (Å²) < 4.78 is 0. The predicted molar refractivity (Wildman–Crippen MR) is 138 cm³/mol. The van der Waals surface area contributed by atoms with Gasteiger partial charge in [0.25, 0.3) is 5.91 Å². The molecule has 0 spiro atoms. The number of rotatable bonds is 11. The van der Waals surface area contributed by atoms with E-state index >= 15 is 0 Å². The highest BCUT2D eigenvalue weighted by Crippen LogP contribution is 2.33. The molecule has 0 aromatic heterocycles. The van der Waals surface area contributed by atoms with E-state index in [0.29, 0.717) is 5.69 Å². The van der Waals surface area contributed by atoms with Crippen LogP contribution in [0.4, 0.5) is 11.4 Å². The first-order valence-electron chi connectivity index (χ1n) is 12.0. The number of amides is 1. The molecule has 1 heterocycles. The monoisotopic (exact) mass is 439 g/mol. The van der Waals surface area contributed by atoms with Crippen LogP contribution in [0.15, 0.2) is 84.6 Å². The number of fused-ring (bicyclic) bond motifs is 1. The normalized spacial score (nSPS) is 14.1. The van der Waals surface area contributed by atoms with E-state index in [9.17, 15) is 10.1 Å². The van der Waals surface area contributed by atoms with E-state index < -0.39 is 5.91 Å². The Morgan fingerprint density at radius 1 is 0.970 bits per heavy atom. The Labute approximate surface area is 197 Å². The summed E-state index contributed by atoms with van der Waals surface area (Å²) >= 11 is 0. The van der Waals surface area contributed by atoms with Crippen LogP contribution in [0.25, 0.3) is 5.57 Å². The van der Waals surface area contributed by atoms with Gasteiger partial charge in [-0.1, -0.05) is 87.9 Å². The molecule has 2 aromatic carbocycles. The SMILES string of the molecule is CCCCCCCCCN1C=CC(=CC=C(C#N)C(=O)Nc2ccccc2)c2ccccc21. The Balaban J connectivity index is 1.65. The minimum atomic E-state index is -0.408. The summed E-state index contributed by atoms with van der Waals surface area (Å²) in [5.41, 5.74) is 4.00. The van der Waals surface area contributed by atoms with Gasteiger partial charge in [0.2, 0.25) is 0 Å². The van der Waals surface area contributed by atoms with Crippen LogP contribution in [-0.4, -0.2) is 12.5 Å². The van der Waals surface area contributed by atoms with Gasteiger partial charge >= 0.3 is 0 Å². The van der Waals surface area contributed by atoms with E-state index in [0.717, 1.165) is 23.4 Å². The largest absolute Gasteiger partial charge is 0.347 e. The summed E-state index contributed by atoms with van der Waals surface area (Å²) in [6.45, 7) is 3.24. The fourth-order valence-electron chi connectivity index (χ4n) is 3.94. The van der Waals surface area contributed by atoms with Gasteiger partial charge in [-0.15, -0.1) is 0 Å². The van der Waals surface area contributed by atoms with Gasteiger partial charge in [0.15, 0.2) is 0 Å². The van der Waals surface area contributed by atoms with Crippen LogP contribution in [0, 0.1) is 11.3 Å². The van der Waals surface area contributed by atoms with Gasteiger partial charge in [-0.05, 0) is 42.3 Å². The highest BCUT2D eigenvalue weighted by Gasteiger charge is 2.15. The molecule has 0 saturated heterocycles. The molecule has 33 heavy (non-hydrogen) atoms. The topological polar surface area (TPSA) is 56.1 Å². The van der Waals surface area contributed by atoms with Crippen molar-refractivity contribution in [1.29, 1.82) is 5.26 Å². The number of hydrogen-bond donors (Lipinski definition) is 1. The number of nitriles is 1. The van der Waals surface area contributed by atoms with Crippen LogP contribution >= 0.6 is 0 Å². The number of benzene rings is 2. The number of allylic oxidation sites excluding steroid dienone is 4. The van der Waals surface area contributed by atoms with Crippen molar-refractivity contribution < 1.29 is 4.79 Å². The predicted octanol–water partition coefficient (Wildman–Crippen LogP) is 7.24. The Morgan fingerprint density at radius 2 is 1.67 bits per heavy atom. The van der Waals surface area contributed by atoms with Crippen molar-refractivity contribution in [3.63, 3.8) is 0 Å². The molecular formula is C29H33N3O. The van der Waals surface area contributed by atoms with E-state index in [-0.39, 0.29) is 5.57 Å². The second-order valence-electron chi connectivity index (χ2n) is 8.28. The van der Waals surface area contributed by atoms with Crippen LogP contribution in [-0.2, 0) is 4.79 Å². The van der Waals surface area contributed by atoms with Crippen LogP contribution in [0.3, 0.4) is 0 Å². The van der Waals surface area contributed by atoms with E-state index in [1.54, 1.807) is 18.2 Å². The van der Waals surface area contributed by atoms with Crippen molar-refractivity contribution in [1.82, 2.24) is 0 Å². The molecule has 0 saturated carbocycles. The Hall–Kier alpha value is -3.58. The number of carbonyl (C=O) groups is 1. The van der Waals surface area contributed by atoms with Gasteiger partial charge in [0, 0.05) is 29.7 Å². The van der Waals surface area contributed by atoms with Gasteiger partial charge < -0.3 is 10.2 Å². The molecule has 0 unspecified atom stereocenters. The van der Waals surface area contributed by atoms with Crippen molar-refractivity contribution >= 4 is 22.9 Å². The molecule has 0 aliphatic carbocycles. The molecule has 4 nitrogen and oxygen atoms in total. The second-order valence-corrected chi connectivity index (χ2v) is 8.28. The summed E-state index contributed by atoms with van der Waals surface area (Å²) in [5.74, 6) is -0.408. The van der Waals surface area contributed by atoms with E-state index in [4.69, 9.17) is 0 Å². The maximum Gasteiger partial charge on any atom is 0.266 e. The number of unbranched alkanes of at least 4 members (excludes halogenated alkanes) is 6. The number of hydrogen-bond acceptors (Lipinski definition) is 3. The first kappa shape index (κ1) is 24.1. The average molecular weight is 440 g/mol. The molecule has 0 bridgehead atoms. The molecule has 0 atom stereocenters. The van der Waals surface area contributed by atoms with Gasteiger partial charge in [-0.3, -0.25) is 4.79 Å². The maximum absolute atomic E-state index is 12.5. The number of anilines is 2. The number of nitrogens with zero attached hydrogens (tertiary/aromatic N) is 2. The molecule has 4 heteroatoms. The average Bonchev–Trinajstić information content (AvgIpc) is 2.85. The number of para-hydroxylation sites is 2. The van der Waals surface area contributed by atoms with Crippen LogP contribution < -0.4 is 10.2 Å². The Bertz CT molecular complexity index is 1040. The molecule has 170 valence electrons. The van der Waals surface area contributed by atoms with Gasteiger partial charge in [0.05, 0.1) is 0 Å². The third kappa shape index (κ3) is 7.22. The minimum Gasteiger partial charge on any atom is -0.347 e. The lowest BCUT2D eigenvalue weighted by molar-refractivity contribution is -0.112. The highest BCUT2D eigenvalue weighted by molar-refractivity contribution is 6.07. The Morgan fingerprint density at radius 3 is 2.42 bits per heavy atom. The zero-order chi connectivity index (χ0) is 23.3. The maximum atomic E-state index is 12.5. The van der Waals surface area contributed by atoms with Crippen LogP contribution in [0.5, 0.6) is 0 Å². The smallest absolute Gasteiger partial charge is 0.266 e. The number of nitrogens with one attached hydrogen (secondary N) is 1. The molecule has 1 amide bonds. The summed E-state index contributed by atoms with van der Waals surface area (Å²) in [6.07, 6.45) is 16.6. The molecular weight excluding hydrogens is 406 g/mol. The van der Waals surface area contributed by atoms with Gasteiger partial charge in [0.1, 0.15) is 11.6 Å². The van der Waals surface area contributed by atoms with Crippen molar-refractivity contribution in [3.05, 3.63) is 90.2 Å². The first-order chi connectivity index (χ1) is 16.2. The first-order valence-corrected chi connectivity index (χ1v) is 12.0. The van der Waals surface area contributed by atoms with Crippen molar-refractivity contribution in [2.75, 3.05) is 16.8 Å². The molecule has 2 aromatic rings.